The Labute approximate surface area is 120 Å². The highest BCUT2D eigenvalue weighted by atomic mass is 28.2. The molecular weight excluding hydrogens is 246 g/mol. The summed E-state index contributed by atoms with van der Waals surface area (Å²) >= 11 is 0. The second-order valence-corrected chi connectivity index (χ2v) is 6.93. The number of rotatable bonds is 5. The zero-order valence-corrected chi connectivity index (χ0v) is 13.9. The Hall–Kier alpha value is -1.12. The normalized spacial score (nSPS) is 17.4. The molecule has 2 heteroatoms. The van der Waals surface area contributed by atoms with Crippen molar-refractivity contribution in [2.24, 2.45) is 0 Å². The molecule has 0 aromatic heterocycles. The first-order valence-electron chi connectivity index (χ1n) is 7.43. The van der Waals surface area contributed by atoms with Crippen LogP contribution in [0.1, 0.15) is 27.2 Å². The minimum Gasteiger partial charge on any atom is -0.317 e. The van der Waals surface area contributed by atoms with Gasteiger partial charge in [-0.05, 0) is 25.1 Å². The summed E-state index contributed by atoms with van der Waals surface area (Å²) in [6.45, 7) is 8.61. The van der Waals surface area contributed by atoms with Gasteiger partial charge in [-0.25, -0.2) is 0 Å². The van der Waals surface area contributed by atoms with Crippen LogP contribution in [0.2, 0.25) is 5.54 Å². The van der Waals surface area contributed by atoms with Gasteiger partial charge in [-0.15, -0.1) is 0 Å². The van der Waals surface area contributed by atoms with Crippen molar-refractivity contribution in [3.8, 4) is 0 Å². The van der Waals surface area contributed by atoms with E-state index in [0.717, 1.165) is 18.6 Å². The summed E-state index contributed by atoms with van der Waals surface area (Å²) in [5.41, 5.74) is 2.27. The Kier molecular flexibility index (Phi) is 8.19. The molecule has 1 aromatic rings. The lowest BCUT2D eigenvalue weighted by molar-refractivity contribution is 0.762. The van der Waals surface area contributed by atoms with E-state index in [2.05, 4.69) is 74.6 Å². The maximum absolute atomic E-state index is 3.11. The van der Waals surface area contributed by atoms with Crippen molar-refractivity contribution in [1.29, 1.82) is 0 Å². The van der Waals surface area contributed by atoms with Gasteiger partial charge in [0.1, 0.15) is 0 Å². The highest BCUT2D eigenvalue weighted by molar-refractivity contribution is 6.56. The van der Waals surface area contributed by atoms with Gasteiger partial charge < -0.3 is 5.32 Å². The topological polar surface area (TPSA) is 12.0 Å². The molecule has 2 rings (SSSR count). The molecule has 0 aliphatic heterocycles. The lowest BCUT2D eigenvalue weighted by atomic mass is 10.2. The molecule has 0 spiro atoms. The lowest BCUT2D eigenvalue weighted by Crippen LogP contribution is -2.16. The predicted octanol–water partition coefficient (Wildman–Crippen LogP) is 2.79. The van der Waals surface area contributed by atoms with E-state index in [1.54, 1.807) is 5.19 Å². The van der Waals surface area contributed by atoms with Gasteiger partial charge in [0.05, 0.1) is 9.52 Å². The molecule has 19 heavy (non-hydrogen) atoms. The molecule has 1 aromatic carbocycles. The molecule has 1 N–H and O–H groups in total. The molecule has 0 radical (unpaired) electrons. The first-order chi connectivity index (χ1) is 9.30. The van der Waals surface area contributed by atoms with Crippen molar-refractivity contribution in [2.75, 3.05) is 13.1 Å². The fourth-order valence-electron chi connectivity index (χ4n) is 2.13. The van der Waals surface area contributed by atoms with Gasteiger partial charge in [0, 0.05) is 0 Å². The Morgan fingerprint density at radius 2 is 1.74 bits per heavy atom. The van der Waals surface area contributed by atoms with E-state index in [9.17, 15) is 0 Å². The minimum atomic E-state index is -0.139. The molecule has 104 valence electrons. The number of benzene rings is 1. The Balaban J connectivity index is 0.000000312. The van der Waals surface area contributed by atoms with Crippen LogP contribution in [0.15, 0.2) is 54.1 Å². The zero-order chi connectivity index (χ0) is 13.9. The first kappa shape index (κ1) is 15.9. The van der Waals surface area contributed by atoms with Crippen LogP contribution in [0.25, 0.3) is 0 Å². The van der Waals surface area contributed by atoms with Crippen LogP contribution in [0.5, 0.6) is 0 Å². The molecule has 0 bridgehead atoms. The van der Waals surface area contributed by atoms with Gasteiger partial charge in [-0.1, -0.05) is 80.1 Å². The van der Waals surface area contributed by atoms with Gasteiger partial charge in [0.25, 0.3) is 0 Å². The number of hydrogen-bond donors (Lipinski definition) is 1. The summed E-state index contributed by atoms with van der Waals surface area (Å²) in [5.74, 6) is 0. The van der Waals surface area contributed by atoms with Gasteiger partial charge in [-0.2, -0.15) is 0 Å². The Bertz CT molecular complexity index is 393. The highest BCUT2D eigenvalue weighted by Gasteiger charge is 2.09. The standard InChI is InChI=1S/C13H16Si.C4H11N/c1-2-11-8-9-13(10-11)14-12-6-4-3-5-7-12;1-3-5-4-2/h3-10,13H,2,14H2,1H3;5H,3-4H2,1-2H3. The SMILES string of the molecule is CCC1=CC([SiH2]c2ccccc2)C=C1.CCNCC. The largest absolute Gasteiger partial charge is 0.317 e. The third-order valence-corrected chi connectivity index (χ3v) is 5.13. The van der Waals surface area contributed by atoms with Crippen LogP contribution >= 0.6 is 0 Å². The number of allylic oxidation sites excluding steroid dienone is 4. The number of hydrogen-bond acceptors (Lipinski definition) is 1. The predicted molar refractivity (Wildman–Crippen MR) is 90.1 cm³/mol. The smallest absolute Gasteiger partial charge is 0.0663 e. The average Bonchev–Trinajstić information content (AvgIpc) is 2.89. The minimum absolute atomic E-state index is 0.139. The van der Waals surface area contributed by atoms with Crippen LogP contribution in [0.3, 0.4) is 0 Å². The second kappa shape index (κ2) is 9.76. The quantitative estimate of drug-likeness (QED) is 0.814. The van der Waals surface area contributed by atoms with E-state index < -0.39 is 0 Å². The third-order valence-electron chi connectivity index (χ3n) is 3.21. The maximum Gasteiger partial charge on any atom is 0.0663 e. The van der Waals surface area contributed by atoms with Crippen molar-refractivity contribution >= 4 is 14.7 Å². The van der Waals surface area contributed by atoms with Gasteiger partial charge in [-0.3, -0.25) is 0 Å². The molecule has 0 heterocycles. The first-order valence-corrected chi connectivity index (χ1v) is 8.96. The fourth-order valence-corrected chi connectivity index (χ4v) is 3.91. The summed E-state index contributed by atoms with van der Waals surface area (Å²) in [7, 11) is -0.139. The van der Waals surface area contributed by atoms with Crippen molar-refractivity contribution in [1.82, 2.24) is 5.32 Å². The summed E-state index contributed by atoms with van der Waals surface area (Å²) in [6, 6.07) is 10.9. The average molecular weight is 273 g/mol. The van der Waals surface area contributed by atoms with Crippen molar-refractivity contribution in [3.05, 3.63) is 54.1 Å². The Morgan fingerprint density at radius 3 is 2.21 bits per heavy atom. The summed E-state index contributed by atoms with van der Waals surface area (Å²) < 4.78 is 0. The second-order valence-electron chi connectivity index (χ2n) is 4.76. The summed E-state index contributed by atoms with van der Waals surface area (Å²) in [6.07, 6.45) is 8.29. The highest BCUT2D eigenvalue weighted by Crippen LogP contribution is 2.21. The van der Waals surface area contributed by atoms with Crippen LogP contribution in [-0.2, 0) is 0 Å². The van der Waals surface area contributed by atoms with Gasteiger partial charge >= 0.3 is 0 Å². The molecule has 1 atom stereocenters. The summed E-state index contributed by atoms with van der Waals surface area (Å²) in [5, 5.41) is 4.68. The molecular formula is C17H27NSi. The molecule has 1 nitrogen and oxygen atoms in total. The van der Waals surface area contributed by atoms with E-state index in [0.29, 0.717) is 0 Å². The maximum atomic E-state index is 3.11. The van der Waals surface area contributed by atoms with Crippen molar-refractivity contribution in [3.63, 3.8) is 0 Å². The van der Waals surface area contributed by atoms with Crippen LogP contribution in [0, 0.1) is 0 Å². The van der Waals surface area contributed by atoms with E-state index in [1.807, 2.05) is 0 Å². The van der Waals surface area contributed by atoms with Gasteiger partial charge in [0.2, 0.25) is 0 Å². The summed E-state index contributed by atoms with van der Waals surface area (Å²) in [4.78, 5) is 0. The molecule has 0 amide bonds. The molecule has 0 saturated heterocycles. The van der Waals surface area contributed by atoms with Crippen LogP contribution < -0.4 is 10.5 Å². The fraction of sp³-hybridized carbons (Fsp3) is 0.412. The molecule has 1 aliphatic rings. The Morgan fingerprint density at radius 1 is 1.05 bits per heavy atom. The third kappa shape index (κ3) is 6.55. The molecule has 1 unspecified atom stereocenters. The van der Waals surface area contributed by atoms with E-state index in [1.165, 1.54) is 12.0 Å². The van der Waals surface area contributed by atoms with E-state index in [4.69, 9.17) is 0 Å². The van der Waals surface area contributed by atoms with Crippen LogP contribution in [-0.4, -0.2) is 22.6 Å². The van der Waals surface area contributed by atoms with E-state index >= 15 is 0 Å². The molecule has 0 saturated carbocycles. The number of nitrogens with one attached hydrogen (secondary N) is 1. The monoisotopic (exact) mass is 273 g/mol. The van der Waals surface area contributed by atoms with Crippen molar-refractivity contribution in [2.45, 2.75) is 32.7 Å². The van der Waals surface area contributed by atoms with Gasteiger partial charge in [0.15, 0.2) is 0 Å². The van der Waals surface area contributed by atoms with E-state index in [-0.39, 0.29) is 9.52 Å². The van der Waals surface area contributed by atoms with Crippen molar-refractivity contribution < 1.29 is 0 Å². The molecule has 1 aliphatic carbocycles. The van der Waals surface area contributed by atoms with Crippen LogP contribution in [0.4, 0.5) is 0 Å². The zero-order valence-electron chi connectivity index (χ0n) is 12.5. The lowest BCUT2D eigenvalue weighted by Gasteiger charge is -2.03. The molecule has 0 fully saturated rings.